The second-order valence-electron chi connectivity index (χ2n) is 1.82. The predicted molar refractivity (Wildman–Crippen MR) is 46.3 cm³/mol. The van der Waals surface area contributed by atoms with Crippen LogP contribution in [0.5, 0.6) is 0 Å². The molecule has 11 heavy (non-hydrogen) atoms. The maximum absolute atomic E-state index is 10.2. The van der Waals surface area contributed by atoms with E-state index < -0.39 is 0 Å². The molecule has 0 heterocycles. The van der Waals surface area contributed by atoms with Crippen LogP contribution in [0.3, 0.4) is 0 Å². The second-order valence-corrected chi connectivity index (χ2v) is 3.01. The fourth-order valence-electron chi connectivity index (χ4n) is 0.621. The third-order valence-electron chi connectivity index (χ3n) is 1.15. The van der Waals surface area contributed by atoms with Crippen LogP contribution in [-0.4, -0.2) is 6.29 Å². The smallest absolute Gasteiger partial charge is 0.236 e. The summed E-state index contributed by atoms with van der Waals surface area (Å²) < 4.78 is 0. The summed E-state index contributed by atoms with van der Waals surface area (Å²) in [4.78, 5) is 10.2. The Hall–Kier alpha value is -0.240. The Kier molecular flexibility index (Phi) is 2.77. The Morgan fingerprint density at radius 1 is 1.09 bits per heavy atom. The zero-order chi connectivity index (χ0) is 8.43. The first-order valence-corrected chi connectivity index (χ1v) is 3.82. The van der Waals surface area contributed by atoms with E-state index in [2.05, 4.69) is 0 Å². The van der Waals surface area contributed by atoms with Gasteiger partial charge in [-0.3, -0.25) is 4.79 Å². The van der Waals surface area contributed by atoms with Crippen LogP contribution >= 0.6 is 34.8 Å². The number of carbonyl (C=O) groups excluding carboxylic acids is 1. The summed E-state index contributed by atoms with van der Waals surface area (Å²) >= 11 is 16.8. The number of hydrogen-bond acceptors (Lipinski definition) is 1. The highest BCUT2D eigenvalue weighted by molar-refractivity contribution is 6.45. The van der Waals surface area contributed by atoms with E-state index in [4.69, 9.17) is 34.8 Å². The van der Waals surface area contributed by atoms with Crippen molar-refractivity contribution in [3.8, 4) is 0 Å². The first-order chi connectivity index (χ1) is 5.16. The van der Waals surface area contributed by atoms with Gasteiger partial charge in [-0.15, -0.1) is 0 Å². The van der Waals surface area contributed by atoms with Crippen LogP contribution in [0.2, 0.25) is 15.1 Å². The molecule has 0 atom stereocenters. The van der Waals surface area contributed by atoms with Crippen LogP contribution < -0.4 is 0 Å². The molecule has 0 bridgehead atoms. The summed E-state index contributed by atoms with van der Waals surface area (Å²) in [5, 5.41) is 0.706. The van der Waals surface area contributed by atoms with E-state index in [1.165, 1.54) is 12.1 Å². The SMILES string of the molecule is O=[C]c1c(Cl)ccc(Cl)c1Cl. The Labute approximate surface area is 78.9 Å². The van der Waals surface area contributed by atoms with Gasteiger partial charge in [0.05, 0.1) is 20.6 Å². The van der Waals surface area contributed by atoms with E-state index in [1.54, 1.807) is 6.29 Å². The van der Waals surface area contributed by atoms with Crippen molar-refractivity contribution in [2.75, 3.05) is 0 Å². The molecule has 0 N–H and O–H groups in total. The van der Waals surface area contributed by atoms with Gasteiger partial charge in [0, 0.05) is 0 Å². The van der Waals surface area contributed by atoms with E-state index in [1.807, 2.05) is 0 Å². The van der Waals surface area contributed by atoms with Gasteiger partial charge in [0.1, 0.15) is 0 Å². The Morgan fingerprint density at radius 2 is 1.64 bits per heavy atom. The van der Waals surface area contributed by atoms with Crippen molar-refractivity contribution in [1.82, 2.24) is 0 Å². The molecule has 0 amide bonds. The van der Waals surface area contributed by atoms with E-state index in [0.29, 0.717) is 5.02 Å². The highest BCUT2D eigenvalue weighted by Crippen LogP contribution is 2.29. The molecule has 1 aromatic rings. The number of halogens is 3. The van der Waals surface area contributed by atoms with Crippen LogP contribution in [0.15, 0.2) is 12.1 Å². The number of rotatable bonds is 1. The summed E-state index contributed by atoms with van der Waals surface area (Å²) in [6.07, 6.45) is 1.61. The van der Waals surface area contributed by atoms with Crippen molar-refractivity contribution in [1.29, 1.82) is 0 Å². The van der Waals surface area contributed by atoms with Gasteiger partial charge < -0.3 is 0 Å². The standard InChI is InChI=1S/C7H2Cl3O/c8-5-1-2-6(9)7(10)4(5)3-11/h1-2H. The Balaban J connectivity index is 3.40. The topological polar surface area (TPSA) is 17.1 Å². The van der Waals surface area contributed by atoms with Crippen molar-refractivity contribution >= 4 is 41.1 Å². The number of hydrogen-bond donors (Lipinski definition) is 0. The third kappa shape index (κ3) is 1.67. The van der Waals surface area contributed by atoms with Crippen molar-refractivity contribution in [3.05, 3.63) is 32.8 Å². The third-order valence-corrected chi connectivity index (χ3v) is 2.27. The first-order valence-electron chi connectivity index (χ1n) is 2.68. The maximum Gasteiger partial charge on any atom is 0.236 e. The Bertz CT molecular complexity index is 296. The van der Waals surface area contributed by atoms with E-state index >= 15 is 0 Å². The van der Waals surface area contributed by atoms with Gasteiger partial charge >= 0.3 is 0 Å². The van der Waals surface area contributed by atoms with Gasteiger partial charge in [-0.1, -0.05) is 34.8 Å². The van der Waals surface area contributed by atoms with Gasteiger partial charge in [0.2, 0.25) is 6.29 Å². The second kappa shape index (κ2) is 3.44. The van der Waals surface area contributed by atoms with Gasteiger partial charge in [0.25, 0.3) is 0 Å². The summed E-state index contributed by atoms with van der Waals surface area (Å²) in [5.74, 6) is 0. The van der Waals surface area contributed by atoms with Crippen LogP contribution in [0.4, 0.5) is 0 Å². The van der Waals surface area contributed by atoms with Crippen molar-refractivity contribution in [2.24, 2.45) is 0 Å². The lowest BCUT2D eigenvalue weighted by Crippen LogP contribution is -1.84. The van der Waals surface area contributed by atoms with Crippen molar-refractivity contribution < 1.29 is 4.79 Å². The van der Waals surface area contributed by atoms with Gasteiger partial charge in [-0.25, -0.2) is 0 Å². The van der Waals surface area contributed by atoms with E-state index in [0.717, 1.165) is 0 Å². The van der Waals surface area contributed by atoms with Crippen molar-refractivity contribution in [3.63, 3.8) is 0 Å². The van der Waals surface area contributed by atoms with Crippen LogP contribution in [0, 0.1) is 0 Å². The van der Waals surface area contributed by atoms with E-state index in [9.17, 15) is 4.79 Å². The zero-order valence-electron chi connectivity index (χ0n) is 5.20. The average molecular weight is 208 g/mol. The molecule has 1 radical (unpaired) electrons. The largest absolute Gasteiger partial charge is 0.285 e. The molecular formula is C7H2Cl3O. The van der Waals surface area contributed by atoms with Crippen LogP contribution in [0.25, 0.3) is 0 Å². The fraction of sp³-hybridized carbons (Fsp3) is 0. The number of benzene rings is 1. The minimum atomic E-state index is 0.112. The normalized spacial score (nSPS) is 9.73. The lowest BCUT2D eigenvalue weighted by molar-refractivity contribution is 0.563. The summed E-state index contributed by atoms with van der Waals surface area (Å²) in [6, 6.07) is 3.02. The maximum atomic E-state index is 10.2. The molecule has 0 aromatic heterocycles. The van der Waals surface area contributed by atoms with Gasteiger partial charge in [-0.05, 0) is 12.1 Å². The Morgan fingerprint density at radius 3 is 2.09 bits per heavy atom. The zero-order valence-corrected chi connectivity index (χ0v) is 7.46. The van der Waals surface area contributed by atoms with Crippen molar-refractivity contribution in [2.45, 2.75) is 0 Å². The monoisotopic (exact) mass is 207 g/mol. The lowest BCUT2D eigenvalue weighted by Gasteiger charge is -1.99. The summed E-state index contributed by atoms with van der Waals surface area (Å²) in [7, 11) is 0. The molecule has 0 saturated heterocycles. The molecule has 0 aliphatic heterocycles. The average Bonchev–Trinajstić information content (AvgIpc) is 1.99. The molecule has 0 fully saturated rings. The van der Waals surface area contributed by atoms with Gasteiger partial charge in [0.15, 0.2) is 0 Å². The van der Waals surface area contributed by atoms with Gasteiger partial charge in [-0.2, -0.15) is 0 Å². The predicted octanol–water partition coefficient (Wildman–Crippen LogP) is 3.10. The molecular weight excluding hydrogens is 206 g/mol. The highest BCUT2D eigenvalue weighted by atomic mass is 35.5. The molecule has 0 aliphatic rings. The van der Waals surface area contributed by atoms with Crippen LogP contribution in [0.1, 0.15) is 5.56 Å². The first kappa shape index (κ1) is 8.85. The summed E-state index contributed by atoms with van der Waals surface area (Å²) in [5.41, 5.74) is 0.112. The minimum absolute atomic E-state index is 0.112. The highest BCUT2D eigenvalue weighted by Gasteiger charge is 2.08. The molecule has 1 rings (SSSR count). The molecule has 0 aliphatic carbocycles. The molecule has 0 unspecified atom stereocenters. The summed E-state index contributed by atoms with van der Waals surface area (Å²) in [6.45, 7) is 0. The minimum Gasteiger partial charge on any atom is -0.285 e. The molecule has 4 heteroatoms. The fourth-order valence-corrected chi connectivity index (χ4v) is 1.23. The lowest BCUT2D eigenvalue weighted by atomic mass is 10.2. The molecule has 57 valence electrons. The molecule has 0 spiro atoms. The van der Waals surface area contributed by atoms with E-state index in [-0.39, 0.29) is 15.6 Å². The quantitative estimate of drug-likeness (QED) is 0.648. The molecule has 1 aromatic carbocycles. The molecule has 1 nitrogen and oxygen atoms in total. The van der Waals surface area contributed by atoms with Crippen LogP contribution in [-0.2, 0) is 4.79 Å². The molecule has 0 saturated carbocycles.